The Kier molecular flexibility index (Phi) is 5.23. The van der Waals surface area contributed by atoms with Crippen LogP contribution in [-0.2, 0) is 0 Å². The summed E-state index contributed by atoms with van der Waals surface area (Å²) >= 11 is 18.0. The minimum atomic E-state index is -0.606. The van der Waals surface area contributed by atoms with E-state index in [1.165, 1.54) is 18.3 Å². The first kappa shape index (κ1) is 17.7. The van der Waals surface area contributed by atoms with Gasteiger partial charge in [-0.3, -0.25) is 9.78 Å². The van der Waals surface area contributed by atoms with Crippen LogP contribution in [0.3, 0.4) is 0 Å². The third-order valence-electron chi connectivity index (χ3n) is 3.44. The molecule has 126 valence electrons. The molecule has 3 aromatic rings. The Hall–Kier alpha value is -2.14. The summed E-state index contributed by atoms with van der Waals surface area (Å²) in [5, 5.41) is 3.45. The standard InChI is InChI=1S/C18H10Cl3FN2O/c19-12-3-1-5-15(16(12)21)24-18(25)10-6-7-11(14(22)9-10)17-13(20)4-2-8-23-17/h1-9H,(H,24,25). The van der Waals surface area contributed by atoms with E-state index >= 15 is 0 Å². The average Bonchev–Trinajstić information content (AvgIpc) is 2.59. The van der Waals surface area contributed by atoms with E-state index < -0.39 is 11.7 Å². The molecule has 0 aliphatic rings. The Morgan fingerprint density at radius 1 is 1.00 bits per heavy atom. The number of halogens is 4. The summed E-state index contributed by atoms with van der Waals surface area (Å²) in [6.07, 6.45) is 1.52. The van der Waals surface area contributed by atoms with Crippen molar-refractivity contribution in [2.75, 3.05) is 5.32 Å². The molecule has 0 atom stereocenters. The van der Waals surface area contributed by atoms with E-state index in [9.17, 15) is 9.18 Å². The van der Waals surface area contributed by atoms with E-state index in [0.717, 1.165) is 6.07 Å². The minimum Gasteiger partial charge on any atom is -0.321 e. The maximum atomic E-state index is 14.4. The highest BCUT2D eigenvalue weighted by Crippen LogP contribution is 2.31. The lowest BCUT2D eigenvalue weighted by Crippen LogP contribution is -2.12. The van der Waals surface area contributed by atoms with Crippen molar-refractivity contribution in [2.24, 2.45) is 0 Å². The molecule has 0 unspecified atom stereocenters. The fourth-order valence-corrected chi connectivity index (χ4v) is 2.80. The van der Waals surface area contributed by atoms with Gasteiger partial charge in [-0.15, -0.1) is 0 Å². The highest BCUT2D eigenvalue weighted by molar-refractivity contribution is 6.44. The molecule has 0 saturated carbocycles. The second kappa shape index (κ2) is 7.40. The van der Waals surface area contributed by atoms with Crippen molar-refractivity contribution in [1.29, 1.82) is 0 Å². The Morgan fingerprint density at radius 2 is 1.76 bits per heavy atom. The highest BCUT2D eigenvalue weighted by Gasteiger charge is 2.15. The van der Waals surface area contributed by atoms with Crippen molar-refractivity contribution < 1.29 is 9.18 Å². The van der Waals surface area contributed by atoms with Crippen LogP contribution in [0, 0.1) is 5.82 Å². The van der Waals surface area contributed by atoms with E-state index in [0.29, 0.717) is 21.4 Å². The number of anilines is 1. The minimum absolute atomic E-state index is 0.129. The molecule has 25 heavy (non-hydrogen) atoms. The lowest BCUT2D eigenvalue weighted by Gasteiger charge is -2.10. The molecule has 0 saturated heterocycles. The first-order chi connectivity index (χ1) is 12.0. The van der Waals surface area contributed by atoms with Gasteiger partial charge in [-0.2, -0.15) is 0 Å². The van der Waals surface area contributed by atoms with Gasteiger partial charge in [-0.25, -0.2) is 4.39 Å². The average molecular weight is 396 g/mol. The third kappa shape index (κ3) is 3.76. The van der Waals surface area contributed by atoms with Gasteiger partial charge in [0.05, 0.1) is 26.4 Å². The van der Waals surface area contributed by atoms with E-state index in [1.54, 1.807) is 30.3 Å². The van der Waals surface area contributed by atoms with Crippen molar-refractivity contribution >= 4 is 46.4 Å². The monoisotopic (exact) mass is 394 g/mol. The smallest absolute Gasteiger partial charge is 0.255 e. The van der Waals surface area contributed by atoms with Crippen molar-refractivity contribution in [2.45, 2.75) is 0 Å². The molecule has 7 heteroatoms. The maximum absolute atomic E-state index is 14.4. The largest absolute Gasteiger partial charge is 0.321 e. The van der Waals surface area contributed by atoms with E-state index in [-0.39, 0.29) is 16.1 Å². The van der Waals surface area contributed by atoms with Crippen LogP contribution in [0.5, 0.6) is 0 Å². The Labute approximate surface area is 158 Å². The fraction of sp³-hybridized carbons (Fsp3) is 0. The summed E-state index contributed by atoms with van der Waals surface area (Å²) in [6, 6.07) is 12.2. The molecule has 0 fully saturated rings. The number of hydrogen-bond acceptors (Lipinski definition) is 2. The first-order valence-corrected chi connectivity index (χ1v) is 8.26. The number of carbonyl (C=O) groups excluding carboxylic acids is 1. The first-order valence-electron chi connectivity index (χ1n) is 7.13. The van der Waals surface area contributed by atoms with Gasteiger partial charge >= 0.3 is 0 Å². The van der Waals surface area contributed by atoms with Crippen molar-refractivity contribution in [3.05, 3.63) is 81.2 Å². The van der Waals surface area contributed by atoms with Gasteiger partial charge in [0.2, 0.25) is 0 Å². The molecular weight excluding hydrogens is 386 g/mol. The number of nitrogens with zero attached hydrogens (tertiary/aromatic N) is 1. The van der Waals surface area contributed by atoms with Crippen LogP contribution < -0.4 is 5.32 Å². The number of amides is 1. The molecule has 3 rings (SSSR count). The van der Waals surface area contributed by atoms with Crippen LogP contribution in [0.2, 0.25) is 15.1 Å². The Morgan fingerprint density at radius 3 is 2.48 bits per heavy atom. The van der Waals surface area contributed by atoms with Gasteiger partial charge in [0.25, 0.3) is 5.91 Å². The third-order valence-corrected chi connectivity index (χ3v) is 4.57. The second-order valence-corrected chi connectivity index (χ2v) is 6.28. The summed E-state index contributed by atoms with van der Waals surface area (Å²) < 4.78 is 14.4. The highest BCUT2D eigenvalue weighted by atomic mass is 35.5. The fourth-order valence-electron chi connectivity index (χ4n) is 2.23. The summed E-state index contributed by atoms with van der Waals surface area (Å²) in [5.41, 5.74) is 0.996. The molecule has 1 amide bonds. The molecule has 0 aliphatic carbocycles. The predicted molar refractivity (Wildman–Crippen MR) is 99.1 cm³/mol. The van der Waals surface area contributed by atoms with Crippen LogP contribution in [0.15, 0.2) is 54.7 Å². The van der Waals surface area contributed by atoms with Gasteiger partial charge in [0.1, 0.15) is 5.82 Å². The van der Waals surface area contributed by atoms with Gasteiger partial charge < -0.3 is 5.32 Å². The van der Waals surface area contributed by atoms with Crippen molar-refractivity contribution in [3.8, 4) is 11.3 Å². The molecular formula is C18H10Cl3FN2O. The second-order valence-electron chi connectivity index (χ2n) is 5.08. The van der Waals surface area contributed by atoms with E-state index in [2.05, 4.69) is 10.3 Å². The van der Waals surface area contributed by atoms with Gasteiger partial charge in [0, 0.05) is 17.3 Å². The van der Waals surface area contributed by atoms with Crippen molar-refractivity contribution in [3.63, 3.8) is 0 Å². The quantitative estimate of drug-likeness (QED) is 0.582. The Balaban J connectivity index is 1.89. The summed E-state index contributed by atoms with van der Waals surface area (Å²) in [4.78, 5) is 16.4. The molecule has 3 nitrogen and oxygen atoms in total. The Bertz CT molecular complexity index is 963. The number of benzene rings is 2. The summed E-state index contributed by atoms with van der Waals surface area (Å²) in [6.45, 7) is 0. The summed E-state index contributed by atoms with van der Waals surface area (Å²) in [5.74, 6) is -1.12. The molecule has 0 radical (unpaired) electrons. The van der Waals surface area contributed by atoms with Crippen LogP contribution in [0.25, 0.3) is 11.3 Å². The van der Waals surface area contributed by atoms with Crippen molar-refractivity contribution in [1.82, 2.24) is 4.98 Å². The van der Waals surface area contributed by atoms with Crippen LogP contribution in [0.4, 0.5) is 10.1 Å². The number of hydrogen-bond donors (Lipinski definition) is 1. The maximum Gasteiger partial charge on any atom is 0.255 e. The molecule has 2 aromatic carbocycles. The van der Waals surface area contributed by atoms with E-state index in [4.69, 9.17) is 34.8 Å². The molecule has 1 N–H and O–H groups in total. The normalized spacial score (nSPS) is 10.6. The predicted octanol–water partition coefficient (Wildman–Crippen LogP) is 6.10. The van der Waals surface area contributed by atoms with Crippen LogP contribution >= 0.6 is 34.8 Å². The zero-order valence-corrected chi connectivity index (χ0v) is 14.8. The van der Waals surface area contributed by atoms with Crippen LogP contribution in [0.1, 0.15) is 10.4 Å². The van der Waals surface area contributed by atoms with Crippen LogP contribution in [-0.4, -0.2) is 10.9 Å². The molecule has 0 bridgehead atoms. The number of carbonyl (C=O) groups is 1. The van der Waals surface area contributed by atoms with Gasteiger partial charge in [0.15, 0.2) is 0 Å². The zero-order valence-electron chi connectivity index (χ0n) is 12.6. The number of rotatable bonds is 3. The van der Waals surface area contributed by atoms with Gasteiger partial charge in [-0.05, 0) is 42.5 Å². The lowest BCUT2D eigenvalue weighted by molar-refractivity contribution is 0.102. The molecule has 0 aliphatic heterocycles. The molecule has 0 spiro atoms. The number of aromatic nitrogens is 1. The number of pyridine rings is 1. The lowest BCUT2D eigenvalue weighted by atomic mass is 10.1. The SMILES string of the molecule is O=C(Nc1cccc(Cl)c1Cl)c1ccc(-c2ncccc2Cl)c(F)c1. The topological polar surface area (TPSA) is 42.0 Å². The summed E-state index contributed by atoms with van der Waals surface area (Å²) in [7, 11) is 0. The zero-order chi connectivity index (χ0) is 18.0. The van der Waals surface area contributed by atoms with Gasteiger partial charge in [-0.1, -0.05) is 40.9 Å². The van der Waals surface area contributed by atoms with E-state index in [1.807, 2.05) is 0 Å². The molecule has 1 heterocycles. The molecule has 1 aromatic heterocycles. The number of nitrogens with one attached hydrogen (secondary N) is 1.